The molecule has 0 aliphatic rings. The summed E-state index contributed by atoms with van der Waals surface area (Å²) in [5.74, 6) is 0.454. The molecule has 0 radical (unpaired) electrons. The zero-order chi connectivity index (χ0) is 9.14. The molecule has 0 saturated heterocycles. The van der Waals surface area contributed by atoms with E-state index in [1.54, 1.807) is 12.3 Å². The van der Waals surface area contributed by atoms with Crippen LogP contribution in [0, 0.1) is 9.49 Å². The van der Waals surface area contributed by atoms with Crippen molar-refractivity contribution in [1.29, 1.82) is 0 Å². The van der Waals surface area contributed by atoms with Gasteiger partial charge in [-0.2, -0.15) is 5.10 Å². The highest BCUT2D eigenvalue weighted by atomic mass is 127. The standard InChI is InChI=1S/C8H11IN2O/c1-6(2)5-11-8(12)3-7(9)4-10-11/h3-4,6H,5H2,1-2H3. The summed E-state index contributed by atoms with van der Waals surface area (Å²) in [5, 5.41) is 4.01. The highest BCUT2D eigenvalue weighted by Gasteiger charge is 2.00. The van der Waals surface area contributed by atoms with E-state index < -0.39 is 0 Å². The maximum atomic E-state index is 11.3. The monoisotopic (exact) mass is 278 g/mol. The Morgan fingerprint density at radius 2 is 2.33 bits per heavy atom. The molecule has 3 nitrogen and oxygen atoms in total. The molecule has 0 amide bonds. The van der Waals surface area contributed by atoms with Crippen LogP contribution >= 0.6 is 22.6 Å². The van der Waals surface area contributed by atoms with Gasteiger partial charge in [-0.05, 0) is 28.5 Å². The third kappa shape index (κ3) is 2.58. The van der Waals surface area contributed by atoms with E-state index in [1.165, 1.54) is 4.68 Å². The molecule has 0 aliphatic heterocycles. The summed E-state index contributed by atoms with van der Waals surface area (Å²) in [6.07, 6.45) is 1.70. The van der Waals surface area contributed by atoms with Crippen LogP contribution in [0.15, 0.2) is 17.1 Å². The fourth-order valence-corrected chi connectivity index (χ4v) is 1.29. The minimum Gasteiger partial charge on any atom is -0.268 e. The van der Waals surface area contributed by atoms with Crippen molar-refractivity contribution < 1.29 is 0 Å². The molecule has 1 aromatic rings. The van der Waals surface area contributed by atoms with E-state index in [4.69, 9.17) is 0 Å². The maximum Gasteiger partial charge on any atom is 0.267 e. The molecule has 12 heavy (non-hydrogen) atoms. The molecule has 0 fully saturated rings. The van der Waals surface area contributed by atoms with E-state index in [2.05, 4.69) is 41.5 Å². The Labute approximate surface area is 84.9 Å². The summed E-state index contributed by atoms with van der Waals surface area (Å²) < 4.78 is 2.38. The second-order valence-electron chi connectivity index (χ2n) is 3.09. The van der Waals surface area contributed by atoms with Crippen molar-refractivity contribution >= 4 is 22.6 Å². The molecule has 1 aromatic heterocycles. The van der Waals surface area contributed by atoms with Gasteiger partial charge in [0, 0.05) is 16.2 Å². The topological polar surface area (TPSA) is 34.9 Å². The van der Waals surface area contributed by atoms with Crippen LogP contribution in [0.5, 0.6) is 0 Å². The van der Waals surface area contributed by atoms with Gasteiger partial charge in [-0.1, -0.05) is 13.8 Å². The SMILES string of the molecule is CC(C)Cn1ncc(I)cc1=O. The van der Waals surface area contributed by atoms with Crippen LogP contribution in [0.4, 0.5) is 0 Å². The number of rotatable bonds is 2. The third-order valence-electron chi connectivity index (χ3n) is 1.37. The summed E-state index contributed by atoms with van der Waals surface area (Å²) in [4.78, 5) is 11.3. The Morgan fingerprint density at radius 1 is 1.67 bits per heavy atom. The fourth-order valence-electron chi connectivity index (χ4n) is 0.894. The summed E-state index contributed by atoms with van der Waals surface area (Å²) in [7, 11) is 0. The Bertz CT molecular complexity index is 319. The fraction of sp³-hybridized carbons (Fsp3) is 0.500. The van der Waals surface area contributed by atoms with Gasteiger partial charge in [-0.25, -0.2) is 4.68 Å². The van der Waals surface area contributed by atoms with E-state index in [1.807, 2.05) is 0 Å². The van der Waals surface area contributed by atoms with Crippen LogP contribution in [0.25, 0.3) is 0 Å². The third-order valence-corrected chi connectivity index (χ3v) is 1.96. The van der Waals surface area contributed by atoms with Gasteiger partial charge < -0.3 is 0 Å². The lowest BCUT2D eigenvalue weighted by atomic mass is 10.2. The summed E-state index contributed by atoms with van der Waals surface area (Å²) in [6.45, 7) is 4.81. The Kier molecular flexibility index (Phi) is 3.25. The van der Waals surface area contributed by atoms with E-state index in [0.29, 0.717) is 12.5 Å². The predicted molar refractivity (Wildman–Crippen MR) is 56.1 cm³/mol. The van der Waals surface area contributed by atoms with Gasteiger partial charge in [0.05, 0.1) is 6.20 Å². The number of hydrogen-bond acceptors (Lipinski definition) is 2. The molecule has 0 atom stereocenters. The molecule has 0 unspecified atom stereocenters. The van der Waals surface area contributed by atoms with Gasteiger partial charge in [0.1, 0.15) is 0 Å². The molecule has 0 N–H and O–H groups in total. The van der Waals surface area contributed by atoms with E-state index in [0.717, 1.165) is 3.57 Å². The van der Waals surface area contributed by atoms with E-state index >= 15 is 0 Å². The first-order valence-corrected chi connectivity index (χ1v) is 4.90. The predicted octanol–water partition coefficient (Wildman–Crippen LogP) is 1.50. The second kappa shape index (κ2) is 4.02. The average molecular weight is 278 g/mol. The average Bonchev–Trinajstić information content (AvgIpc) is 1.94. The zero-order valence-corrected chi connectivity index (χ0v) is 9.28. The molecule has 4 heteroatoms. The van der Waals surface area contributed by atoms with Crippen molar-refractivity contribution in [2.75, 3.05) is 0 Å². The molecule has 0 aromatic carbocycles. The molecule has 1 heterocycles. The summed E-state index contributed by atoms with van der Waals surface area (Å²) in [5.41, 5.74) is -0.0180. The molecular formula is C8H11IN2O. The smallest absolute Gasteiger partial charge is 0.267 e. The number of nitrogens with zero attached hydrogens (tertiary/aromatic N) is 2. The highest BCUT2D eigenvalue weighted by molar-refractivity contribution is 14.1. The highest BCUT2D eigenvalue weighted by Crippen LogP contribution is 1.98. The van der Waals surface area contributed by atoms with Crippen LogP contribution in [-0.4, -0.2) is 9.78 Å². The van der Waals surface area contributed by atoms with Gasteiger partial charge >= 0.3 is 0 Å². The molecule has 0 bridgehead atoms. The molecule has 66 valence electrons. The minimum atomic E-state index is -0.0180. The van der Waals surface area contributed by atoms with E-state index in [9.17, 15) is 4.79 Å². The van der Waals surface area contributed by atoms with Crippen LogP contribution in [0.2, 0.25) is 0 Å². The summed E-state index contributed by atoms with van der Waals surface area (Å²) in [6, 6.07) is 1.59. The maximum absolute atomic E-state index is 11.3. The Morgan fingerprint density at radius 3 is 2.83 bits per heavy atom. The first-order valence-electron chi connectivity index (χ1n) is 3.82. The number of aromatic nitrogens is 2. The van der Waals surface area contributed by atoms with Crippen molar-refractivity contribution in [3.05, 3.63) is 26.2 Å². The number of hydrogen-bond donors (Lipinski definition) is 0. The molecule has 0 saturated carbocycles. The van der Waals surface area contributed by atoms with Crippen LogP contribution < -0.4 is 5.56 Å². The largest absolute Gasteiger partial charge is 0.268 e. The lowest BCUT2D eigenvalue weighted by molar-refractivity contribution is 0.463. The quantitative estimate of drug-likeness (QED) is 0.768. The van der Waals surface area contributed by atoms with Gasteiger partial charge in [0.15, 0.2) is 0 Å². The van der Waals surface area contributed by atoms with Crippen molar-refractivity contribution in [3.63, 3.8) is 0 Å². The van der Waals surface area contributed by atoms with Crippen molar-refractivity contribution in [3.8, 4) is 0 Å². The van der Waals surface area contributed by atoms with Crippen molar-refractivity contribution in [2.45, 2.75) is 20.4 Å². The lowest BCUT2D eigenvalue weighted by Crippen LogP contribution is -2.24. The molecule has 0 spiro atoms. The zero-order valence-electron chi connectivity index (χ0n) is 7.12. The second-order valence-corrected chi connectivity index (χ2v) is 4.33. The number of halogens is 1. The Hall–Kier alpha value is -0.390. The molecule has 0 aliphatic carbocycles. The van der Waals surface area contributed by atoms with Gasteiger partial charge in [0.25, 0.3) is 5.56 Å². The van der Waals surface area contributed by atoms with Gasteiger partial charge in [0.2, 0.25) is 0 Å². The molecular weight excluding hydrogens is 267 g/mol. The van der Waals surface area contributed by atoms with Crippen molar-refractivity contribution in [1.82, 2.24) is 9.78 Å². The summed E-state index contributed by atoms with van der Waals surface area (Å²) >= 11 is 2.08. The van der Waals surface area contributed by atoms with Crippen molar-refractivity contribution in [2.24, 2.45) is 5.92 Å². The minimum absolute atomic E-state index is 0.0180. The lowest BCUT2D eigenvalue weighted by Gasteiger charge is -2.05. The van der Waals surface area contributed by atoms with E-state index in [-0.39, 0.29) is 5.56 Å². The van der Waals surface area contributed by atoms with Crippen LogP contribution in [0.1, 0.15) is 13.8 Å². The van der Waals surface area contributed by atoms with Gasteiger partial charge in [-0.3, -0.25) is 4.79 Å². The Balaban J connectivity index is 2.94. The normalized spacial score (nSPS) is 10.7. The first kappa shape index (κ1) is 9.70. The van der Waals surface area contributed by atoms with Crippen LogP contribution in [0.3, 0.4) is 0 Å². The van der Waals surface area contributed by atoms with Crippen LogP contribution in [-0.2, 0) is 6.54 Å². The van der Waals surface area contributed by atoms with Gasteiger partial charge in [-0.15, -0.1) is 0 Å². The first-order chi connectivity index (χ1) is 5.59. The molecule has 1 rings (SSSR count).